The lowest BCUT2D eigenvalue weighted by molar-refractivity contribution is -0.135. The van der Waals surface area contributed by atoms with Crippen LogP contribution in [-0.4, -0.2) is 55.7 Å². The van der Waals surface area contributed by atoms with Crippen LogP contribution in [0.4, 0.5) is 27.8 Å². The summed E-state index contributed by atoms with van der Waals surface area (Å²) in [5.74, 6) is -3.15. The third-order valence-corrected chi connectivity index (χ3v) is 8.65. The normalized spacial score (nSPS) is 21.8. The second kappa shape index (κ2) is 10.2. The van der Waals surface area contributed by atoms with Crippen LogP contribution in [0.25, 0.3) is 0 Å². The number of nitrogens with one attached hydrogen (secondary N) is 1. The first-order chi connectivity index (χ1) is 19.6. The van der Waals surface area contributed by atoms with Crippen molar-refractivity contribution in [1.82, 2.24) is 24.6 Å². The molecule has 1 spiro atoms. The van der Waals surface area contributed by atoms with Crippen LogP contribution in [0.1, 0.15) is 66.7 Å². The maximum absolute atomic E-state index is 14.7. The van der Waals surface area contributed by atoms with Crippen molar-refractivity contribution in [2.45, 2.75) is 68.5 Å². The molecule has 2 aromatic heterocycles. The van der Waals surface area contributed by atoms with Gasteiger partial charge in [0.05, 0.1) is 5.41 Å². The molecule has 2 atom stereocenters. The largest absolute Gasteiger partial charge is 0.396 e. The predicted octanol–water partition coefficient (Wildman–Crippen LogP) is 4.62. The van der Waals surface area contributed by atoms with Crippen LogP contribution in [-0.2, 0) is 28.0 Å². The zero-order valence-corrected chi connectivity index (χ0v) is 21.9. The molecule has 41 heavy (non-hydrogen) atoms. The Hall–Kier alpha value is -3.90. The molecular weight excluding hydrogens is 547 g/mol. The van der Waals surface area contributed by atoms with Gasteiger partial charge < -0.3 is 14.8 Å². The molecule has 3 aliphatic heterocycles. The fourth-order valence-electron chi connectivity index (χ4n) is 6.50. The van der Waals surface area contributed by atoms with Gasteiger partial charge in [0.1, 0.15) is 23.9 Å². The molecule has 5 heterocycles. The van der Waals surface area contributed by atoms with E-state index < -0.39 is 41.5 Å². The summed E-state index contributed by atoms with van der Waals surface area (Å²) < 4.78 is 70.1. The molecule has 6 rings (SSSR count). The van der Waals surface area contributed by atoms with Crippen LogP contribution < -0.4 is 5.32 Å². The molecule has 216 valence electrons. The number of hydrogen-bond acceptors (Lipinski definition) is 5. The van der Waals surface area contributed by atoms with Crippen molar-refractivity contribution in [3.63, 3.8) is 0 Å². The lowest BCUT2D eigenvalue weighted by Gasteiger charge is -2.38. The van der Waals surface area contributed by atoms with Gasteiger partial charge in [0.2, 0.25) is 11.8 Å². The number of alkyl halides is 3. The predicted molar refractivity (Wildman–Crippen MR) is 136 cm³/mol. The Morgan fingerprint density at radius 2 is 1.85 bits per heavy atom. The standard InChI is InChI=1S/C28H27F5N6O2/c29-20-5-1-3-18(23(20)30)17-7-6-16(25-37-36-21(39(25)15-17)14-28(31,32)33)13-22(40)38-11-8-27(9-12-38)19-4-2-10-34-24(19)35-26(27)41/h1-5,10,16-17H,6-9,11-15H2,(H,34,35,41)/t16-,17+/m0/s1. The molecule has 1 fully saturated rings. The molecule has 0 aliphatic carbocycles. The van der Waals surface area contributed by atoms with Crippen molar-refractivity contribution in [1.29, 1.82) is 0 Å². The van der Waals surface area contributed by atoms with Gasteiger partial charge in [-0.3, -0.25) is 9.59 Å². The third-order valence-electron chi connectivity index (χ3n) is 8.65. The number of hydrogen-bond donors (Lipinski definition) is 1. The molecule has 1 saturated heterocycles. The summed E-state index contributed by atoms with van der Waals surface area (Å²) >= 11 is 0. The number of fused-ring (bicyclic) bond motifs is 3. The van der Waals surface area contributed by atoms with Gasteiger partial charge in [-0.2, -0.15) is 13.2 Å². The van der Waals surface area contributed by atoms with Crippen LogP contribution in [0.2, 0.25) is 0 Å². The minimum atomic E-state index is -4.55. The summed E-state index contributed by atoms with van der Waals surface area (Å²) in [5.41, 5.74) is 0.139. The van der Waals surface area contributed by atoms with Crippen LogP contribution in [0.15, 0.2) is 36.5 Å². The number of likely N-dealkylation sites (tertiary alicyclic amines) is 1. The highest BCUT2D eigenvalue weighted by atomic mass is 19.4. The quantitative estimate of drug-likeness (QED) is 0.460. The maximum atomic E-state index is 14.7. The highest BCUT2D eigenvalue weighted by molar-refractivity contribution is 6.05. The second-order valence-electron chi connectivity index (χ2n) is 11.0. The number of carbonyl (C=O) groups excluding carboxylic acids is 2. The summed E-state index contributed by atoms with van der Waals surface area (Å²) in [6, 6.07) is 7.43. The average Bonchev–Trinajstić information content (AvgIpc) is 3.37. The number of amides is 2. The fraction of sp³-hybridized carbons (Fsp3) is 0.464. The molecule has 3 aromatic rings. The van der Waals surface area contributed by atoms with E-state index in [0.717, 1.165) is 11.6 Å². The summed E-state index contributed by atoms with van der Waals surface area (Å²) in [6.45, 7) is 0.598. The molecule has 0 saturated carbocycles. The van der Waals surface area contributed by atoms with E-state index >= 15 is 0 Å². The number of piperidine rings is 1. The van der Waals surface area contributed by atoms with E-state index in [1.54, 1.807) is 17.2 Å². The van der Waals surface area contributed by atoms with Crippen molar-refractivity contribution in [2.24, 2.45) is 0 Å². The van der Waals surface area contributed by atoms with Crippen molar-refractivity contribution in [3.8, 4) is 0 Å². The number of anilines is 1. The number of benzene rings is 1. The van der Waals surface area contributed by atoms with Crippen molar-refractivity contribution in [3.05, 3.63) is 70.9 Å². The average molecular weight is 575 g/mol. The molecule has 2 amide bonds. The number of pyridine rings is 1. The summed E-state index contributed by atoms with van der Waals surface area (Å²) in [5, 5.41) is 10.7. The lowest BCUT2D eigenvalue weighted by atomic mass is 9.74. The van der Waals surface area contributed by atoms with Crippen LogP contribution in [0, 0.1) is 11.6 Å². The zero-order valence-electron chi connectivity index (χ0n) is 21.9. The van der Waals surface area contributed by atoms with E-state index in [1.807, 2.05) is 6.07 Å². The minimum Gasteiger partial charge on any atom is -0.343 e. The minimum absolute atomic E-state index is 0.0279. The number of rotatable bonds is 4. The molecule has 1 N–H and O–H groups in total. The Labute approximate surface area is 232 Å². The smallest absolute Gasteiger partial charge is 0.343 e. The Morgan fingerprint density at radius 1 is 1.07 bits per heavy atom. The Kier molecular flexibility index (Phi) is 6.77. The van der Waals surface area contributed by atoms with Crippen molar-refractivity contribution < 1.29 is 31.5 Å². The van der Waals surface area contributed by atoms with Crippen LogP contribution >= 0.6 is 0 Å². The van der Waals surface area contributed by atoms with Gasteiger partial charge in [-0.05, 0) is 43.4 Å². The zero-order chi connectivity index (χ0) is 28.9. The molecule has 8 nitrogen and oxygen atoms in total. The highest BCUT2D eigenvalue weighted by Gasteiger charge is 2.49. The number of aromatic nitrogens is 4. The van der Waals surface area contributed by atoms with Crippen molar-refractivity contribution in [2.75, 3.05) is 18.4 Å². The summed E-state index contributed by atoms with van der Waals surface area (Å²) in [6.07, 6.45) is -2.82. The molecular formula is C28H27F5N6O2. The molecule has 0 radical (unpaired) electrons. The van der Waals surface area contributed by atoms with E-state index in [4.69, 9.17) is 0 Å². The van der Waals surface area contributed by atoms with E-state index in [1.165, 1.54) is 16.7 Å². The SMILES string of the molecule is O=C(C[C@@H]1CC[C@@H](c2cccc(F)c2F)Cn2c(CC(F)(F)F)nnc21)N1CCC2(CC1)C(=O)Nc1ncccc12. The van der Waals surface area contributed by atoms with Gasteiger partial charge in [0.25, 0.3) is 0 Å². The van der Waals surface area contributed by atoms with Gasteiger partial charge >= 0.3 is 6.18 Å². The van der Waals surface area contributed by atoms with Crippen LogP contribution in [0.3, 0.4) is 0 Å². The van der Waals surface area contributed by atoms with Gasteiger partial charge in [-0.15, -0.1) is 10.2 Å². The van der Waals surface area contributed by atoms with E-state index in [-0.39, 0.29) is 42.0 Å². The van der Waals surface area contributed by atoms with Gasteiger partial charge in [0.15, 0.2) is 11.6 Å². The Morgan fingerprint density at radius 3 is 2.61 bits per heavy atom. The molecule has 0 bridgehead atoms. The first-order valence-corrected chi connectivity index (χ1v) is 13.5. The fourth-order valence-corrected chi connectivity index (χ4v) is 6.50. The molecule has 1 aromatic carbocycles. The summed E-state index contributed by atoms with van der Waals surface area (Å²) in [7, 11) is 0. The summed E-state index contributed by atoms with van der Waals surface area (Å²) in [4.78, 5) is 32.2. The maximum Gasteiger partial charge on any atom is 0.396 e. The van der Waals surface area contributed by atoms with Crippen molar-refractivity contribution >= 4 is 17.6 Å². The monoisotopic (exact) mass is 574 g/mol. The first kappa shape index (κ1) is 27.3. The number of nitrogens with zero attached hydrogens (tertiary/aromatic N) is 5. The molecule has 13 heteroatoms. The van der Waals surface area contributed by atoms with E-state index in [9.17, 15) is 31.5 Å². The van der Waals surface area contributed by atoms with E-state index in [2.05, 4.69) is 20.5 Å². The topological polar surface area (TPSA) is 93.0 Å². The van der Waals surface area contributed by atoms with Gasteiger partial charge in [-0.1, -0.05) is 18.2 Å². The third kappa shape index (κ3) is 4.95. The first-order valence-electron chi connectivity index (χ1n) is 13.5. The number of halogens is 5. The lowest BCUT2D eigenvalue weighted by Crippen LogP contribution is -2.48. The Balaban J connectivity index is 1.22. The number of carbonyl (C=O) groups is 2. The molecule has 3 aliphatic rings. The second-order valence-corrected chi connectivity index (χ2v) is 11.0. The van der Waals surface area contributed by atoms with Gasteiger partial charge in [0, 0.05) is 49.7 Å². The van der Waals surface area contributed by atoms with Crippen LogP contribution in [0.5, 0.6) is 0 Å². The highest BCUT2D eigenvalue weighted by Crippen LogP contribution is 2.44. The van der Waals surface area contributed by atoms with Gasteiger partial charge in [-0.25, -0.2) is 13.8 Å². The van der Waals surface area contributed by atoms with E-state index in [0.29, 0.717) is 44.6 Å². The molecule has 0 unspecified atom stereocenters. The Bertz CT molecular complexity index is 1500.